The van der Waals surface area contributed by atoms with E-state index in [1.165, 1.54) is 0 Å². The Morgan fingerprint density at radius 1 is 0.456 bits per heavy atom. The SMILES string of the molecule is CCCN(Cc1ncc(-c2ccc(-c3ccc(-c4cnc(CN(CCC)C(=O)C(NC(=O)c5ccccc5)c5ccccc5)s4)cc3)cc2)s1)C(=O)C(NC(=O)c1ccccc1)c1ccccc1. The van der Waals surface area contributed by atoms with Gasteiger partial charge in [0.2, 0.25) is 11.8 Å². The molecule has 6 aromatic carbocycles. The molecule has 0 saturated carbocycles. The first-order chi connectivity index (χ1) is 33.3. The van der Waals surface area contributed by atoms with Crippen molar-refractivity contribution in [3.63, 3.8) is 0 Å². The van der Waals surface area contributed by atoms with Crippen LogP contribution in [-0.2, 0) is 22.7 Å². The van der Waals surface area contributed by atoms with Crippen LogP contribution in [0.25, 0.3) is 32.0 Å². The van der Waals surface area contributed by atoms with Crippen LogP contribution in [0.1, 0.15) is 80.6 Å². The monoisotopic (exact) mass is 936 g/mol. The molecule has 2 aromatic heterocycles. The summed E-state index contributed by atoms with van der Waals surface area (Å²) in [6, 6.07) is 51.7. The fourth-order valence-electron chi connectivity index (χ4n) is 7.93. The van der Waals surface area contributed by atoms with Crippen molar-refractivity contribution in [2.45, 2.75) is 51.9 Å². The van der Waals surface area contributed by atoms with Crippen LogP contribution in [0.5, 0.6) is 0 Å². The highest BCUT2D eigenvalue weighted by Gasteiger charge is 2.30. The van der Waals surface area contributed by atoms with Gasteiger partial charge in [0, 0.05) is 36.6 Å². The maximum absolute atomic E-state index is 14.2. The van der Waals surface area contributed by atoms with Crippen LogP contribution in [0.2, 0.25) is 0 Å². The van der Waals surface area contributed by atoms with Gasteiger partial charge in [-0.2, -0.15) is 0 Å². The average molecular weight is 937 g/mol. The first kappa shape index (κ1) is 47.0. The number of thiazole rings is 2. The van der Waals surface area contributed by atoms with Gasteiger partial charge in [-0.05, 0) is 70.5 Å². The Kier molecular flexibility index (Phi) is 15.7. The molecule has 12 heteroatoms. The van der Waals surface area contributed by atoms with E-state index in [-0.39, 0.29) is 23.6 Å². The third-order valence-electron chi connectivity index (χ3n) is 11.4. The van der Waals surface area contributed by atoms with Crippen molar-refractivity contribution in [3.8, 4) is 32.0 Å². The lowest BCUT2D eigenvalue weighted by Crippen LogP contribution is -2.43. The first-order valence-corrected chi connectivity index (χ1v) is 24.4. The van der Waals surface area contributed by atoms with E-state index < -0.39 is 12.1 Å². The molecule has 0 fully saturated rings. The van der Waals surface area contributed by atoms with E-state index in [0.717, 1.165) is 66.0 Å². The van der Waals surface area contributed by atoms with Gasteiger partial charge in [0.1, 0.15) is 22.1 Å². The second-order valence-corrected chi connectivity index (χ2v) is 18.5. The van der Waals surface area contributed by atoms with Crippen molar-refractivity contribution < 1.29 is 19.2 Å². The lowest BCUT2D eigenvalue weighted by atomic mass is 10.0. The molecule has 2 N–H and O–H groups in total. The third kappa shape index (κ3) is 11.7. The highest BCUT2D eigenvalue weighted by Crippen LogP contribution is 2.33. The predicted octanol–water partition coefficient (Wildman–Crippen LogP) is 11.4. The number of aromatic nitrogens is 2. The van der Waals surface area contributed by atoms with E-state index in [2.05, 4.69) is 59.2 Å². The molecule has 0 spiro atoms. The molecule has 0 radical (unpaired) electrons. The number of carbonyl (C=O) groups is 4. The Labute approximate surface area is 405 Å². The van der Waals surface area contributed by atoms with Gasteiger partial charge in [0.15, 0.2) is 0 Å². The molecule has 0 aliphatic heterocycles. The molecule has 0 bridgehead atoms. The Hall–Kier alpha value is -7.54. The molecule has 2 atom stereocenters. The summed E-state index contributed by atoms with van der Waals surface area (Å²) in [5, 5.41) is 7.60. The number of amides is 4. The number of hydrogen-bond donors (Lipinski definition) is 2. The number of nitrogens with zero attached hydrogens (tertiary/aromatic N) is 4. The van der Waals surface area contributed by atoms with Crippen LogP contribution in [0.15, 0.2) is 182 Å². The molecule has 8 aromatic rings. The molecular weight excluding hydrogens is 885 g/mol. The summed E-state index contributed by atoms with van der Waals surface area (Å²) in [4.78, 5) is 70.0. The third-order valence-corrected chi connectivity index (χ3v) is 13.5. The molecular formula is C56H52N6O4S2. The summed E-state index contributed by atoms with van der Waals surface area (Å²) < 4.78 is 0. The minimum absolute atomic E-state index is 0.185. The lowest BCUT2D eigenvalue weighted by molar-refractivity contribution is -0.134. The van der Waals surface area contributed by atoms with Gasteiger partial charge in [-0.3, -0.25) is 19.2 Å². The number of nitrogens with one attached hydrogen (secondary N) is 2. The average Bonchev–Trinajstić information content (AvgIpc) is 4.08. The van der Waals surface area contributed by atoms with Gasteiger partial charge >= 0.3 is 0 Å². The van der Waals surface area contributed by atoms with E-state index in [1.54, 1.807) is 81.0 Å². The fraction of sp³-hybridized carbons (Fsp3) is 0.179. The molecule has 4 amide bonds. The molecule has 2 unspecified atom stereocenters. The van der Waals surface area contributed by atoms with Crippen LogP contribution in [0.4, 0.5) is 0 Å². The molecule has 2 heterocycles. The molecule has 10 nitrogen and oxygen atoms in total. The second kappa shape index (κ2) is 22.8. The van der Waals surface area contributed by atoms with Crippen molar-refractivity contribution in [2.75, 3.05) is 13.1 Å². The standard InChI is InChI=1S/C56H52N6O4S2/c1-3-33-61(55(65)51(43-17-9-5-10-18-43)59-53(63)45-21-13-7-14-22-45)37-49-57-35-47(67-49)41-29-25-39(26-30-41)40-27-31-42(32-28-40)48-36-58-50(68-48)38-62(34-4-2)56(66)52(44-19-11-6-12-20-44)60-54(64)46-23-15-8-16-24-46/h5-32,35-36,51-52H,3-4,33-34,37-38H2,1-2H3,(H,59,63)(H,60,64). The van der Waals surface area contributed by atoms with Crippen LogP contribution in [0.3, 0.4) is 0 Å². The Morgan fingerprint density at radius 3 is 1.12 bits per heavy atom. The largest absolute Gasteiger partial charge is 0.336 e. The highest BCUT2D eigenvalue weighted by molar-refractivity contribution is 7.15. The summed E-state index contributed by atoms with van der Waals surface area (Å²) in [5.74, 6) is -0.985. The number of hydrogen-bond acceptors (Lipinski definition) is 8. The highest BCUT2D eigenvalue weighted by atomic mass is 32.1. The molecule has 68 heavy (non-hydrogen) atoms. The molecule has 8 rings (SSSR count). The summed E-state index contributed by atoms with van der Waals surface area (Å²) >= 11 is 3.11. The Morgan fingerprint density at radius 2 is 0.779 bits per heavy atom. The van der Waals surface area contributed by atoms with Crippen LogP contribution < -0.4 is 10.6 Å². The molecule has 0 saturated heterocycles. The van der Waals surface area contributed by atoms with Crippen molar-refractivity contribution in [2.24, 2.45) is 0 Å². The zero-order valence-corrected chi connectivity index (χ0v) is 39.6. The lowest BCUT2D eigenvalue weighted by Gasteiger charge is -2.27. The van der Waals surface area contributed by atoms with Gasteiger partial charge in [-0.1, -0.05) is 159 Å². The van der Waals surface area contributed by atoms with Crippen LogP contribution in [0, 0.1) is 0 Å². The second-order valence-electron chi connectivity index (χ2n) is 16.3. The van der Waals surface area contributed by atoms with Gasteiger partial charge in [0.25, 0.3) is 11.8 Å². The predicted molar refractivity (Wildman–Crippen MR) is 272 cm³/mol. The number of rotatable bonds is 19. The maximum Gasteiger partial charge on any atom is 0.252 e. The van der Waals surface area contributed by atoms with Gasteiger partial charge in [0.05, 0.1) is 22.8 Å². The van der Waals surface area contributed by atoms with Crippen molar-refractivity contribution in [1.29, 1.82) is 0 Å². The smallest absolute Gasteiger partial charge is 0.252 e. The molecule has 0 aliphatic carbocycles. The zero-order valence-electron chi connectivity index (χ0n) is 38.0. The zero-order chi connectivity index (χ0) is 47.2. The maximum atomic E-state index is 14.2. The number of benzene rings is 6. The van der Waals surface area contributed by atoms with Crippen molar-refractivity contribution >= 4 is 46.3 Å². The van der Waals surface area contributed by atoms with Crippen molar-refractivity contribution in [1.82, 2.24) is 30.4 Å². The van der Waals surface area contributed by atoms with Crippen molar-refractivity contribution in [3.05, 3.63) is 215 Å². The van der Waals surface area contributed by atoms with E-state index in [4.69, 9.17) is 9.97 Å². The first-order valence-electron chi connectivity index (χ1n) is 22.8. The fourth-order valence-corrected chi connectivity index (χ4v) is 9.81. The van der Waals surface area contributed by atoms with E-state index in [1.807, 2.05) is 99.0 Å². The normalized spacial score (nSPS) is 11.9. The van der Waals surface area contributed by atoms with E-state index in [0.29, 0.717) is 37.3 Å². The van der Waals surface area contributed by atoms with Crippen LogP contribution in [-0.4, -0.2) is 56.5 Å². The van der Waals surface area contributed by atoms with Crippen LogP contribution >= 0.6 is 22.7 Å². The van der Waals surface area contributed by atoms with Gasteiger partial charge in [-0.15, -0.1) is 22.7 Å². The molecule has 0 aliphatic rings. The van der Waals surface area contributed by atoms with Gasteiger partial charge in [-0.25, -0.2) is 9.97 Å². The minimum Gasteiger partial charge on any atom is -0.336 e. The van der Waals surface area contributed by atoms with E-state index >= 15 is 0 Å². The minimum atomic E-state index is -0.850. The Balaban J connectivity index is 0.912. The summed E-state index contributed by atoms with van der Waals surface area (Å²) in [6.45, 7) is 5.75. The summed E-state index contributed by atoms with van der Waals surface area (Å²) in [5.41, 5.74) is 6.62. The van der Waals surface area contributed by atoms with E-state index in [9.17, 15) is 19.2 Å². The van der Waals surface area contributed by atoms with Gasteiger partial charge < -0.3 is 20.4 Å². The number of carbonyl (C=O) groups excluding carboxylic acids is 4. The quantitative estimate of drug-likeness (QED) is 0.0832. The Bertz CT molecular complexity index is 2710. The topological polar surface area (TPSA) is 125 Å². The summed E-state index contributed by atoms with van der Waals surface area (Å²) in [7, 11) is 0. The molecule has 342 valence electrons. The summed E-state index contributed by atoms with van der Waals surface area (Å²) in [6.07, 6.45) is 5.22.